The zero-order chi connectivity index (χ0) is 17.6. The Morgan fingerprint density at radius 2 is 1.88 bits per heavy atom. The van der Waals surface area contributed by atoms with Crippen molar-refractivity contribution < 1.29 is 14.7 Å². The molecule has 25 heavy (non-hydrogen) atoms. The lowest BCUT2D eigenvalue weighted by atomic mass is 9.68. The van der Waals surface area contributed by atoms with E-state index in [1.807, 2.05) is 39.7 Å². The Kier molecular flexibility index (Phi) is 4.10. The van der Waals surface area contributed by atoms with Crippen molar-refractivity contribution in [1.29, 1.82) is 0 Å². The lowest BCUT2D eigenvalue weighted by molar-refractivity contribution is -0.200. The van der Waals surface area contributed by atoms with Crippen molar-refractivity contribution in [1.82, 2.24) is 14.4 Å². The summed E-state index contributed by atoms with van der Waals surface area (Å²) in [6.07, 6.45) is 7.89. The van der Waals surface area contributed by atoms with E-state index in [2.05, 4.69) is 0 Å². The molecular formula is C19H27N3O3. The maximum Gasteiger partial charge on any atom is 0.270 e. The van der Waals surface area contributed by atoms with E-state index in [1.165, 1.54) is 6.42 Å². The van der Waals surface area contributed by atoms with Crippen molar-refractivity contribution in [3.63, 3.8) is 0 Å². The van der Waals surface area contributed by atoms with E-state index in [9.17, 15) is 14.7 Å². The Hall–Kier alpha value is -1.82. The standard InChI is InChI=1S/C19H27N3O3/c1-20-11-5-6-15(20)17(24)21-12-7-14(8-13-21)22-18(25)16(23)19(22)9-3-2-4-10-19/h5-6,11,14,16,23H,2-4,7-10,12-13H2,1H3. The molecule has 0 radical (unpaired) electrons. The van der Waals surface area contributed by atoms with Gasteiger partial charge in [0.1, 0.15) is 5.69 Å². The maximum absolute atomic E-state index is 12.6. The summed E-state index contributed by atoms with van der Waals surface area (Å²) in [4.78, 5) is 28.9. The van der Waals surface area contributed by atoms with Crippen LogP contribution in [0.15, 0.2) is 18.3 Å². The number of rotatable bonds is 2. The number of amides is 2. The topological polar surface area (TPSA) is 65.8 Å². The van der Waals surface area contributed by atoms with E-state index in [-0.39, 0.29) is 23.4 Å². The minimum absolute atomic E-state index is 0.0632. The normalized spacial score (nSPS) is 26.8. The van der Waals surface area contributed by atoms with Gasteiger partial charge in [-0.1, -0.05) is 19.3 Å². The van der Waals surface area contributed by atoms with E-state index in [1.54, 1.807) is 0 Å². The van der Waals surface area contributed by atoms with Crippen LogP contribution < -0.4 is 0 Å². The van der Waals surface area contributed by atoms with Gasteiger partial charge in [0.2, 0.25) is 0 Å². The third-order valence-corrected chi connectivity index (χ3v) is 6.46. The van der Waals surface area contributed by atoms with Crippen LogP contribution in [0, 0.1) is 0 Å². The summed E-state index contributed by atoms with van der Waals surface area (Å²) in [5.41, 5.74) is 0.391. The van der Waals surface area contributed by atoms with E-state index in [0.717, 1.165) is 38.5 Å². The van der Waals surface area contributed by atoms with Crippen molar-refractivity contribution in [2.75, 3.05) is 13.1 Å². The molecule has 1 aliphatic carbocycles. The second-order valence-corrected chi connectivity index (χ2v) is 7.80. The van der Waals surface area contributed by atoms with Crippen LogP contribution in [0.1, 0.15) is 55.4 Å². The van der Waals surface area contributed by atoms with Gasteiger partial charge in [-0.2, -0.15) is 0 Å². The highest BCUT2D eigenvalue weighted by Crippen LogP contribution is 2.46. The number of hydrogen-bond donors (Lipinski definition) is 1. The Morgan fingerprint density at radius 3 is 2.48 bits per heavy atom. The lowest BCUT2D eigenvalue weighted by Gasteiger charge is -2.61. The van der Waals surface area contributed by atoms with Crippen LogP contribution in [0.5, 0.6) is 0 Å². The molecule has 2 aliphatic heterocycles. The monoisotopic (exact) mass is 345 g/mol. The summed E-state index contributed by atoms with van der Waals surface area (Å²) in [7, 11) is 1.88. The molecule has 1 spiro atoms. The third-order valence-electron chi connectivity index (χ3n) is 6.46. The molecule has 3 aliphatic rings. The number of aryl methyl sites for hydroxylation is 1. The Morgan fingerprint density at radius 1 is 1.20 bits per heavy atom. The van der Waals surface area contributed by atoms with Gasteiger partial charge in [0, 0.05) is 32.4 Å². The molecule has 3 fully saturated rings. The Labute approximate surface area is 148 Å². The minimum Gasteiger partial charge on any atom is -0.381 e. The van der Waals surface area contributed by atoms with Crippen molar-refractivity contribution in [2.24, 2.45) is 7.05 Å². The van der Waals surface area contributed by atoms with Gasteiger partial charge in [-0.3, -0.25) is 9.59 Å². The number of likely N-dealkylation sites (tertiary alicyclic amines) is 2. The summed E-state index contributed by atoms with van der Waals surface area (Å²) in [6, 6.07) is 3.89. The second kappa shape index (κ2) is 6.16. The average Bonchev–Trinajstić information content (AvgIpc) is 3.08. The molecule has 1 N–H and O–H groups in total. The van der Waals surface area contributed by atoms with Crippen molar-refractivity contribution >= 4 is 11.8 Å². The molecule has 2 saturated heterocycles. The SMILES string of the molecule is Cn1cccc1C(=O)N1CCC(N2C(=O)C(O)C23CCCCC3)CC1. The number of aliphatic hydroxyl groups excluding tert-OH is 1. The Balaban J connectivity index is 1.42. The third kappa shape index (κ3) is 2.49. The summed E-state index contributed by atoms with van der Waals surface area (Å²) in [6.45, 7) is 1.34. The van der Waals surface area contributed by atoms with Gasteiger partial charge >= 0.3 is 0 Å². The molecule has 1 aromatic heterocycles. The first-order valence-corrected chi connectivity index (χ1v) is 9.46. The summed E-state index contributed by atoms with van der Waals surface area (Å²) < 4.78 is 1.85. The highest BCUT2D eigenvalue weighted by Gasteiger charge is 2.61. The van der Waals surface area contributed by atoms with Gasteiger partial charge in [0.05, 0.1) is 5.54 Å². The number of β-lactam (4-membered cyclic amide) rings is 1. The predicted octanol–water partition coefficient (Wildman–Crippen LogP) is 1.54. The molecule has 136 valence electrons. The molecule has 1 aromatic rings. The summed E-state index contributed by atoms with van der Waals surface area (Å²) in [5.74, 6) is -0.0394. The van der Waals surface area contributed by atoms with Crippen LogP contribution in [0.4, 0.5) is 0 Å². The lowest BCUT2D eigenvalue weighted by Crippen LogP contribution is -2.77. The van der Waals surface area contributed by atoms with Crippen molar-refractivity contribution in [3.05, 3.63) is 24.0 Å². The summed E-state index contributed by atoms with van der Waals surface area (Å²) >= 11 is 0. The van der Waals surface area contributed by atoms with Gasteiger partial charge in [0.25, 0.3) is 11.8 Å². The second-order valence-electron chi connectivity index (χ2n) is 7.80. The molecule has 1 unspecified atom stereocenters. The van der Waals surface area contributed by atoms with Crippen LogP contribution in [-0.4, -0.2) is 62.1 Å². The predicted molar refractivity (Wildman–Crippen MR) is 93.0 cm³/mol. The van der Waals surface area contributed by atoms with Crippen LogP contribution in [0.3, 0.4) is 0 Å². The first-order chi connectivity index (χ1) is 12.0. The van der Waals surface area contributed by atoms with E-state index >= 15 is 0 Å². The first kappa shape index (κ1) is 16.6. The van der Waals surface area contributed by atoms with E-state index < -0.39 is 6.10 Å². The van der Waals surface area contributed by atoms with Gasteiger partial charge < -0.3 is 19.5 Å². The number of carbonyl (C=O) groups is 2. The number of hydrogen-bond acceptors (Lipinski definition) is 3. The number of aromatic nitrogens is 1. The molecule has 2 amide bonds. The van der Waals surface area contributed by atoms with Crippen LogP contribution in [-0.2, 0) is 11.8 Å². The fourth-order valence-electron chi connectivity index (χ4n) is 5.04. The zero-order valence-corrected chi connectivity index (χ0v) is 14.9. The molecule has 1 saturated carbocycles. The van der Waals surface area contributed by atoms with Crippen molar-refractivity contribution in [2.45, 2.75) is 62.6 Å². The molecule has 6 nitrogen and oxygen atoms in total. The molecule has 0 aromatic carbocycles. The van der Waals surface area contributed by atoms with Gasteiger partial charge in [-0.05, 0) is 37.8 Å². The molecule has 0 bridgehead atoms. The quantitative estimate of drug-likeness (QED) is 0.827. The number of nitrogens with zero attached hydrogens (tertiary/aromatic N) is 3. The highest BCUT2D eigenvalue weighted by molar-refractivity contribution is 5.93. The van der Waals surface area contributed by atoms with Gasteiger partial charge in [0.15, 0.2) is 6.10 Å². The maximum atomic E-state index is 12.6. The Bertz CT molecular complexity index is 669. The number of carbonyl (C=O) groups excluding carboxylic acids is 2. The number of aliphatic hydroxyl groups is 1. The van der Waals surface area contributed by atoms with Crippen LogP contribution >= 0.6 is 0 Å². The van der Waals surface area contributed by atoms with E-state index in [4.69, 9.17) is 0 Å². The van der Waals surface area contributed by atoms with Crippen LogP contribution in [0.25, 0.3) is 0 Å². The molecule has 4 rings (SSSR count). The molecule has 6 heteroatoms. The zero-order valence-electron chi connectivity index (χ0n) is 14.9. The highest BCUT2D eigenvalue weighted by atomic mass is 16.3. The minimum atomic E-state index is -0.809. The fraction of sp³-hybridized carbons (Fsp3) is 0.684. The van der Waals surface area contributed by atoms with Crippen molar-refractivity contribution in [3.8, 4) is 0 Å². The number of piperidine rings is 1. The average molecular weight is 345 g/mol. The molecular weight excluding hydrogens is 318 g/mol. The van der Waals surface area contributed by atoms with E-state index in [0.29, 0.717) is 18.8 Å². The fourth-order valence-corrected chi connectivity index (χ4v) is 5.04. The van der Waals surface area contributed by atoms with Gasteiger partial charge in [-0.15, -0.1) is 0 Å². The smallest absolute Gasteiger partial charge is 0.270 e. The summed E-state index contributed by atoms with van der Waals surface area (Å²) in [5, 5.41) is 10.3. The largest absolute Gasteiger partial charge is 0.381 e. The van der Waals surface area contributed by atoms with Gasteiger partial charge in [-0.25, -0.2) is 0 Å². The molecule has 3 heterocycles. The first-order valence-electron chi connectivity index (χ1n) is 9.46. The van der Waals surface area contributed by atoms with Crippen LogP contribution in [0.2, 0.25) is 0 Å². The molecule has 1 atom stereocenters.